The molecule has 0 atom stereocenters. The second-order valence-electron chi connectivity index (χ2n) is 12.2. The van der Waals surface area contributed by atoms with E-state index in [1.807, 2.05) is 0 Å². The van der Waals surface area contributed by atoms with Crippen LogP contribution in [-0.4, -0.2) is 9.13 Å². The molecule has 0 unspecified atom stereocenters. The maximum absolute atomic E-state index is 2.45. The number of hydrogen-bond donors (Lipinski definition) is 0. The van der Waals surface area contributed by atoms with Gasteiger partial charge in [-0.15, -0.1) is 0 Å². The minimum absolute atomic E-state index is 1.17. The van der Waals surface area contributed by atoms with E-state index in [2.05, 4.69) is 179 Å². The number of hydrogen-bond acceptors (Lipinski definition) is 0. The number of aromatic nitrogens is 2. The van der Waals surface area contributed by atoms with Crippen LogP contribution in [0, 0.1) is 0 Å². The molecule has 0 aliphatic carbocycles. The van der Waals surface area contributed by atoms with Crippen molar-refractivity contribution in [2.45, 2.75) is 0 Å². The largest absolute Gasteiger partial charge is 0.309 e. The summed E-state index contributed by atoms with van der Waals surface area (Å²) in [5.74, 6) is 0. The van der Waals surface area contributed by atoms with Gasteiger partial charge in [0.15, 0.2) is 0 Å². The van der Waals surface area contributed by atoms with Crippen LogP contribution in [0.3, 0.4) is 0 Å². The minimum Gasteiger partial charge on any atom is -0.309 e. The van der Waals surface area contributed by atoms with Gasteiger partial charge in [0.05, 0.1) is 22.1 Å². The third-order valence-corrected chi connectivity index (χ3v) is 9.67. The number of rotatable bonds is 3. The molecule has 2 nitrogen and oxygen atoms in total. The zero-order valence-electron chi connectivity index (χ0n) is 25.1. The quantitative estimate of drug-likeness (QED) is 0.195. The highest BCUT2D eigenvalue weighted by molar-refractivity contribution is 6.29. The monoisotopic (exact) mass is 584 g/mol. The van der Waals surface area contributed by atoms with Crippen molar-refractivity contribution in [2.24, 2.45) is 0 Å². The summed E-state index contributed by atoms with van der Waals surface area (Å²) in [5, 5.41) is 10.1. The Morgan fingerprint density at radius 1 is 0.304 bits per heavy atom. The molecule has 2 heterocycles. The third kappa shape index (κ3) is 3.59. The van der Waals surface area contributed by atoms with Crippen molar-refractivity contribution < 1.29 is 0 Å². The van der Waals surface area contributed by atoms with Gasteiger partial charge in [-0.25, -0.2) is 0 Å². The van der Waals surface area contributed by atoms with Gasteiger partial charge in [-0.2, -0.15) is 0 Å². The highest BCUT2D eigenvalue weighted by Crippen LogP contribution is 2.43. The van der Waals surface area contributed by atoms with E-state index in [1.165, 1.54) is 87.7 Å². The first kappa shape index (κ1) is 25.2. The van der Waals surface area contributed by atoms with Crippen LogP contribution in [-0.2, 0) is 0 Å². The third-order valence-electron chi connectivity index (χ3n) is 9.67. The molecule has 0 radical (unpaired) electrons. The van der Waals surface area contributed by atoms with Crippen LogP contribution in [0.5, 0.6) is 0 Å². The smallest absolute Gasteiger partial charge is 0.0548 e. The number of nitrogens with zero attached hydrogens (tertiary/aromatic N) is 2. The van der Waals surface area contributed by atoms with Crippen molar-refractivity contribution >= 4 is 65.2 Å². The van der Waals surface area contributed by atoms with Gasteiger partial charge >= 0.3 is 0 Å². The fourth-order valence-corrected chi connectivity index (χ4v) is 7.67. The molecule has 0 saturated carbocycles. The summed E-state index contributed by atoms with van der Waals surface area (Å²) in [6, 6.07) is 62.0. The van der Waals surface area contributed by atoms with E-state index in [1.54, 1.807) is 0 Å². The molecule has 10 rings (SSSR count). The van der Waals surface area contributed by atoms with Crippen molar-refractivity contribution in [3.8, 4) is 22.5 Å². The second-order valence-corrected chi connectivity index (χ2v) is 12.2. The lowest BCUT2D eigenvalue weighted by atomic mass is 9.98. The summed E-state index contributed by atoms with van der Waals surface area (Å²) in [6.07, 6.45) is 0. The predicted octanol–water partition coefficient (Wildman–Crippen LogP) is 11.9. The molecule has 2 heteroatoms. The van der Waals surface area contributed by atoms with Gasteiger partial charge in [0, 0.05) is 32.9 Å². The summed E-state index contributed by atoms with van der Waals surface area (Å²) in [4.78, 5) is 0. The summed E-state index contributed by atoms with van der Waals surface area (Å²) in [7, 11) is 0. The predicted molar refractivity (Wildman–Crippen MR) is 196 cm³/mol. The standard InChI is InChI=1S/C44H28N2/c1-2-12-30(13-3-1)35-18-10-15-32-28-34(23-24-36(32)35)46-40-20-9-7-17-38(40)44-42(46)26-25-41-43(44)37-16-6-8-19-39(37)45(41)33-22-21-29-11-4-5-14-31(29)27-33/h1-28H. The Morgan fingerprint density at radius 2 is 0.848 bits per heavy atom. The van der Waals surface area contributed by atoms with E-state index >= 15 is 0 Å². The molecule has 0 aliphatic heterocycles. The molecule has 0 aliphatic rings. The fourth-order valence-electron chi connectivity index (χ4n) is 7.67. The molecule has 46 heavy (non-hydrogen) atoms. The molecular weight excluding hydrogens is 556 g/mol. The first-order chi connectivity index (χ1) is 22.8. The van der Waals surface area contributed by atoms with Crippen LogP contribution in [0.4, 0.5) is 0 Å². The Morgan fingerprint density at radius 3 is 1.54 bits per heavy atom. The van der Waals surface area contributed by atoms with Gasteiger partial charge in [-0.1, -0.05) is 121 Å². The van der Waals surface area contributed by atoms with E-state index in [0.29, 0.717) is 0 Å². The first-order valence-corrected chi connectivity index (χ1v) is 15.9. The summed E-state index contributed by atoms with van der Waals surface area (Å²) in [6.45, 7) is 0. The molecule has 0 amide bonds. The summed E-state index contributed by atoms with van der Waals surface area (Å²) < 4.78 is 4.88. The SMILES string of the molecule is c1ccc(-c2cccc3cc(-n4c5ccccc5c5c6c7ccccc7n(-c7ccc8ccccc8c7)c6ccc54)ccc23)cc1. The van der Waals surface area contributed by atoms with Gasteiger partial charge in [0.1, 0.15) is 0 Å². The molecule has 0 spiro atoms. The Hall–Kier alpha value is -6.12. The lowest BCUT2D eigenvalue weighted by Gasteiger charge is -2.12. The van der Waals surface area contributed by atoms with Crippen molar-refractivity contribution in [1.29, 1.82) is 0 Å². The second kappa shape index (κ2) is 9.69. The number of fused-ring (bicyclic) bond motifs is 9. The summed E-state index contributed by atoms with van der Waals surface area (Å²) >= 11 is 0. The van der Waals surface area contributed by atoms with Crippen LogP contribution in [0.1, 0.15) is 0 Å². The van der Waals surface area contributed by atoms with Gasteiger partial charge in [-0.3, -0.25) is 0 Å². The molecule has 0 fully saturated rings. The van der Waals surface area contributed by atoms with E-state index in [4.69, 9.17) is 0 Å². The molecule has 2 aromatic heterocycles. The van der Waals surface area contributed by atoms with Crippen LogP contribution < -0.4 is 0 Å². The Labute approximate surface area is 266 Å². The van der Waals surface area contributed by atoms with Gasteiger partial charge < -0.3 is 9.13 Å². The highest BCUT2D eigenvalue weighted by Gasteiger charge is 2.20. The topological polar surface area (TPSA) is 9.86 Å². The van der Waals surface area contributed by atoms with Crippen LogP contribution >= 0.6 is 0 Å². The maximum Gasteiger partial charge on any atom is 0.0548 e. The first-order valence-electron chi connectivity index (χ1n) is 15.9. The van der Waals surface area contributed by atoms with E-state index < -0.39 is 0 Å². The molecule has 0 saturated heterocycles. The van der Waals surface area contributed by atoms with Gasteiger partial charge in [-0.05, 0) is 81.2 Å². The molecule has 10 aromatic rings. The summed E-state index contributed by atoms with van der Waals surface area (Å²) in [5.41, 5.74) is 9.71. The number of para-hydroxylation sites is 2. The average molecular weight is 585 g/mol. The van der Waals surface area contributed by atoms with Crippen molar-refractivity contribution in [2.75, 3.05) is 0 Å². The van der Waals surface area contributed by atoms with E-state index in [9.17, 15) is 0 Å². The lowest BCUT2D eigenvalue weighted by molar-refractivity contribution is 1.18. The average Bonchev–Trinajstić information content (AvgIpc) is 3.64. The normalized spacial score (nSPS) is 11.9. The van der Waals surface area contributed by atoms with Gasteiger partial charge in [0.25, 0.3) is 0 Å². The van der Waals surface area contributed by atoms with Crippen LogP contribution in [0.2, 0.25) is 0 Å². The van der Waals surface area contributed by atoms with Crippen molar-refractivity contribution in [3.63, 3.8) is 0 Å². The molecular formula is C44H28N2. The molecule has 8 aromatic carbocycles. The molecule has 0 N–H and O–H groups in total. The van der Waals surface area contributed by atoms with E-state index in [-0.39, 0.29) is 0 Å². The van der Waals surface area contributed by atoms with E-state index in [0.717, 1.165) is 0 Å². The zero-order chi connectivity index (χ0) is 30.2. The highest BCUT2D eigenvalue weighted by atomic mass is 15.0. The maximum atomic E-state index is 2.45. The minimum atomic E-state index is 1.17. The van der Waals surface area contributed by atoms with Gasteiger partial charge in [0.2, 0.25) is 0 Å². The van der Waals surface area contributed by atoms with Crippen LogP contribution in [0.15, 0.2) is 170 Å². The van der Waals surface area contributed by atoms with Crippen molar-refractivity contribution in [3.05, 3.63) is 170 Å². The van der Waals surface area contributed by atoms with Crippen LogP contribution in [0.25, 0.3) is 87.7 Å². The zero-order valence-corrected chi connectivity index (χ0v) is 25.1. The Balaban J connectivity index is 1.27. The lowest BCUT2D eigenvalue weighted by Crippen LogP contribution is -1.95. The van der Waals surface area contributed by atoms with Crippen molar-refractivity contribution in [1.82, 2.24) is 9.13 Å². The molecule has 214 valence electrons. The molecule has 0 bridgehead atoms. The Kier molecular flexibility index (Phi) is 5.31. The Bertz CT molecular complexity index is 2800. The fraction of sp³-hybridized carbons (Fsp3) is 0. The number of benzene rings is 8.